The van der Waals surface area contributed by atoms with Crippen LogP contribution in [0.3, 0.4) is 0 Å². The molecule has 0 N–H and O–H groups in total. The average Bonchev–Trinajstić information content (AvgIpc) is 2.95. The zero-order chi connectivity index (χ0) is 19.6. The molecule has 0 unspecified atom stereocenters. The third-order valence-corrected chi connectivity index (χ3v) is 4.50. The molecule has 2 aromatic carbocycles. The molecule has 1 fully saturated rings. The Kier molecular flexibility index (Phi) is 5.21. The molecule has 1 saturated heterocycles. The van der Waals surface area contributed by atoms with Gasteiger partial charge in [0.2, 0.25) is 11.8 Å². The predicted octanol–water partition coefficient (Wildman–Crippen LogP) is 2.51. The summed E-state index contributed by atoms with van der Waals surface area (Å²) in [5.74, 6) is -0.993. The fourth-order valence-electron chi connectivity index (χ4n) is 3.09. The van der Waals surface area contributed by atoms with Crippen molar-refractivity contribution in [3.63, 3.8) is 0 Å². The first-order valence-corrected chi connectivity index (χ1v) is 8.43. The molecule has 27 heavy (non-hydrogen) atoms. The lowest BCUT2D eigenvalue weighted by molar-refractivity contribution is -0.137. The van der Waals surface area contributed by atoms with Crippen LogP contribution in [0.1, 0.15) is 18.9 Å². The highest BCUT2D eigenvalue weighted by atomic mass is 19.1. The van der Waals surface area contributed by atoms with Gasteiger partial charge in [-0.2, -0.15) is 0 Å². The number of imide groups is 1. The van der Waals surface area contributed by atoms with E-state index in [-0.39, 0.29) is 18.9 Å². The van der Waals surface area contributed by atoms with Gasteiger partial charge in [0.25, 0.3) is 5.91 Å². The number of methoxy groups -OCH3 is 1. The number of amides is 3. The number of carbonyl (C=O) groups is 3. The van der Waals surface area contributed by atoms with E-state index in [1.807, 2.05) is 0 Å². The maximum Gasteiger partial charge on any atom is 0.257 e. The summed E-state index contributed by atoms with van der Waals surface area (Å²) in [5, 5.41) is 0. The third kappa shape index (κ3) is 3.81. The van der Waals surface area contributed by atoms with E-state index in [1.165, 1.54) is 36.1 Å². The van der Waals surface area contributed by atoms with E-state index in [4.69, 9.17) is 4.74 Å². The van der Waals surface area contributed by atoms with Gasteiger partial charge in [-0.25, -0.2) is 9.29 Å². The van der Waals surface area contributed by atoms with Crippen LogP contribution in [0, 0.1) is 5.82 Å². The van der Waals surface area contributed by atoms with E-state index in [0.29, 0.717) is 11.4 Å². The van der Waals surface area contributed by atoms with Crippen LogP contribution in [0.25, 0.3) is 0 Å². The van der Waals surface area contributed by atoms with Gasteiger partial charge < -0.3 is 9.64 Å². The van der Waals surface area contributed by atoms with Crippen molar-refractivity contribution >= 4 is 23.4 Å². The fraction of sp³-hybridized carbons (Fsp3) is 0.250. The van der Waals surface area contributed by atoms with E-state index in [1.54, 1.807) is 31.4 Å². The van der Waals surface area contributed by atoms with E-state index in [2.05, 4.69) is 0 Å². The Bertz CT molecular complexity index is 865. The van der Waals surface area contributed by atoms with E-state index >= 15 is 0 Å². The first kappa shape index (κ1) is 18.6. The van der Waals surface area contributed by atoms with Crippen LogP contribution in [0.2, 0.25) is 0 Å². The van der Waals surface area contributed by atoms with Gasteiger partial charge in [-0.15, -0.1) is 0 Å². The number of halogens is 1. The Balaban J connectivity index is 1.83. The van der Waals surface area contributed by atoms with Gasteiger partial charge in [-0.1, -0.05) is 12.1 Å². The molecule has 0 aromatic heterocycles. The minimum absolute atomic E-state index is 0.105. The second-order valence-electron chi connectivity index (χ2n) is 6.26. The van der Waals surface area contributed by atoms with Crippen molar-refractivity contribution in [2.75, 3.05) is 12.0 Å². The maximum absolute atomic E-state index is 13.1. The summed E-state index contributed by atoms with van der Waals surface area (Å²) in [4.78, 5) is 39.8. The van der Waals surface area contributed by atoms with Gasteiger partial charge in [0.05, 0.1) is 19.2 Å². The topological polar surface area (TPSA) is 66.9 Å². The second kappa shape index (κ2) is 7.57. The van der Waals surface area contributed by atoms with Crippen molar-refractivity contribution in [1.82, 2.24) is 4.90 Å². The second-order valence-corrected chi connectivity index (χ2v) is 6.26. The number of ether oxygens (including phenoxy) is 1. The first-order chi connectivity index (χ1) is 12.9. The summed E-state index contributed by atoms with van der Waals surface area (Å²) >= 11 is 0. The lowest BCUT2D eigenvalue weighted by Gasteiger charge is -2.26. The van der Waals surface area contributed by atoms with Gasteiger partial charge in [0.1, 0.15) is 17.6 Å². The molecule has 1 atom stereocenters. The molecule has 0 spiro atoms. The zero-order valence-corrected chi connectivity index (χ0v) is 15.0. The number of nitrogens with zero attached hydrogens (tertiary/aromatic N) is 2. The summed E-state index contributed by atoms with van der Waals surface area (Å²) in [5.41, 5.74) is 1.10. The molecule has 140 valence electrons. The lowest BCUT2D eigenvalue weighted by atomic mass is 10.1. The first-order valence-electron chi connectivity index (χ1n) is 8.43. The molecule has 3 rings (SSSR count). The van der Waals surface area contributed by atoms with Crippen LogP contribution in [0.15, 0.2) is 48.5 Å². The molecule has 0 saturated carbocycles. The van der Waals surface area contributed by atoms with Crippen molar-refractivity contribution in [2.45, 2.75) is 25.9 Å². The molecule has 3 amide bonds. The molecule has 1 aliphatic heterocycles. The Hall–Kier alpha value is -3.22. The maximum atomic E-state index is 13.1. The largest absolute Gasteiger partial charge is 0.497 e. The monoisotopic (exact) mass is 370 g/mol. The van der Waals surface area contributed by atoms with Crippen LogP contribution in [-0.4, -0.2) is 35.8 Å². The minimum atomic E-state index is -0.887. The number of benzene rings is 2. The molecule has 2 aromatic rings. The molecule has 1 aliphatic rings. The average molecular weight is 370 g/mol. The summed E-state index contributed by atoms with van der Waals surface area (Å²) in [7, 11) is 1.56. The Morgan fingerprint density at radius 2 is 1.78 bits per heavy atom. The van der Waals surface area contributed by atoms with Crippen LogP contribution in [-0.2, 0) is 20.9 Å². The van der Waals surface area contributed by atoms with Crippen LogP contribution in [0.5, 0.6) is 5.75 Å². The highest BCUT2D eigenvalue weighted by Gasteiger charge is 2.43. The molecule has 1 heterocycles. The van der Waals surface area contributed by atoms with Crippen molar-refractivity contribution in [1.29, 1.82) is 0 Å². The Labute approximate surface area is 156 Å². The summed E-state index contributed by atoms with van der Waals surface area (Å²) < 4.78 is 18.2. The Morgan fingerprint density at radius 3 is 2.33 bits per heavy atom. The van der Waals surface area contributed by atoms with Crippen LogP contribution >= 0.6 is 0 Å². The highest BCUT2D eigenvalue weighted by Crippen LogP contribution is 2.27. The van der Waals surface area contributed by atoms with E-state index in [0.717, 1.165) is 10.5 Å². The van der Waals surface area contributed by atoms with E-state index in [9.17, 15) is 18.8 Å². The number of hydrogen-bond acceptors (Lipinski definition) is 4. The SMILES string of the molecule is COc1ccc(CN(C(C)=O)[C@H]2CC(=O)N(c3ccc(F)cc3)C2=O)cc1. The smallest absolute Gasteiger partial charge is 0.257 e. The number of hydrogen-bond donors (Lipinski definition) is 0. The standard InChI is InChI=1S/C20H19FN2O4/c1-13(24)22(12-14-3-9-17(27-2)10-4-14)18-11-19(25)23(20(18)26)16-7-5-15(21)6-8-16/h3-10,18H,11-12H2,1-2H3/t18-/m0/s1. The summed E-state index contributed by atoms with van der Waals surface area (Å²) in [6.07, 6.45) is -0.105. The van der Waals surface area contributed by atoms with Crippen molar-refractivity contribution < 1.29 is 23.5 Å². The lowest BCUT2D eigenvalue weighted by Crippen LogP contribution is -2.44. The van der Waals surface area contributed by atoms with Crippen LogP contribution < -0.4 is 9.64 Å². The van der Waals surface area contributed by atoms with Gasteiger partial charge in [0.15, 0.2) is 0 Å². The van der Waals surface area contributed by atoms with Crippen molar-refractivity contribution in [3.8, 4) is 5.75 Å². The normalized spacial score (nSPS) is 16.6. The minimum Gasteiger partial charge on any atom is -0.497 e. The van der Waals surface area contributed by atoms with Crippen LogP contribution in [0.4, 0.5) is 10.1 Å². The number of anilines is 1. The van der Waals surface area contributed by atoms with Gasteiger partial charge >= 0.3 is 0 Å². The van der Waals surface area contributed by atoms with Gasteiger partial charge in [0, 0.05) is 13.5 Å². The fourth-order valence-corrected chi connectivity index (χ4v) is 3.09. The molecular weight excluding hydrogens is 351 g/mol. The molecule has 0 bridgehead atoms. The predicted molar refractivity (Wildman–Crippen MR) is 96.5 cm³/mol. The molecule has 7 heteroatoms. The van der Waals surface area contributed by atoms with Crippen molar-refractivity contribution in [2.24, 2.45) is 0 Å². The zero-order valence-electron chi connectivity index (χ0n) is 15.0. The molecule has 6 nitrogen and oxygen atoms in total. The quantitative estimate of drug-likeness (QED) is 0.759. The molecular formula is C20H19FN2O4. The summed E-state index contributed by atoms with van der Waals surface area (Å²) in [6, 6.07) is 11.3. The number of rotatable bonds is 5. The third-order valence-electron chi connectivity index (χ3n) is 4.50. The highest BCUT2D eigenvalue weighted by molar-refractivity contribution is 6.22. The Morgan fingerprint density at radius 1 is 1.15 bits per heavy atom. The van der Waals surface area contributed by atoms with Gasteiger partial charge in [-0.05, 0) is 42.0 Å². The van der Waals surface area contributed by atoms with Gasteiger partial charge in [-0.3, -0.25) is 14.4 Å². The summed E-state index contributed by atoms with van der Waals surface area (Å²) in [6.45, 7) is 1.56. The number of carbonyl (C=O) groups excluding carboxylic acids is 3. The van der Waals surface area contributed by atoms with Crippen molar-refractivity contribution in [3.05, 3.63) is 59.9 Å². The molecule has 0 radical (unpaired) electrons. The molecule has 0 aliphatic carbocycles. The van der Waals surface area contributed by atoms with E-state index < -0.39 is 23.7 Å².